The number of carbonyl (C=O) groups is 2. The van der Waals surface area contributed by atoms with E-state index >= 15 is 0 Å². The molecule has 1 aromatic carbocycles. The first kappa shape index (κ1) is 24.0. The summed E-state index contributed by atoms with van der Waals surface area (Å²) in [6.07, 6.45) is 5.69. The molecule has 0 radical (unpaired) electrons. The maximum Gasteiger partial charge on any atom is 0.305 e. The number of halogens is 2. The molecule has 0 bridgehead atoms. The minimum Gasteiger partial charge on any atom is -0.481 e. The van der Waals surface area contributed by atoms with Gasteiger partial charge in [-0.2, -0.15) is 5.10 Å². The molecule has 1 aliphatic rings. The van der Waals surface area contributed by atoms with Crippen LogP contribution in [0.3, 0.4) is 0 Å². The van der Waals surface area contributed by atoms with E-state index in [4.69, 9.17) is 28.2 Å². The highest BCUT2D eigenvalue weighted by molar-refractivity contribution is 6.34. The van der Waals surface area contributed by atoms with Crippen LogP contribution in [0.5, 0.6) is 0 Å². The Morgan fingerprint density at radius 3 is 2.74 bits per heavy atom. The number of nitrogens with zero attached hydrogens (tertiary/aromatic N) is 4. The van der Waals surface area contributed by atoms with Crippen LogP contribution < -0.4 is 5.32 Å². The van der Waals surface area contributed by atoms with Crippen molar-refractivity contribution in [3.05, 3.63) is 75.2 Å². The van der Waals surface area contributed by atoms with Crippen molar-refractivity contribution < 1.29 is 14.7 Å². The first-order valence-corrected chi connectivity index (χ1v) is 11.8. The molecule has 3 heterocycles. The lowest BCUT2D eigenvalue weighted by atomic mass is 10.0. The molecule has 0 aliphatic carbocycles. The number of amides is 1. The van der Waals surface area contributed by atoms with Gasteiger partial charge < -0.3 is 15.3 Å². The van der Waals surface area contributed by atoms with Crippen LogP contribution in [0.25, 0.3) is 0 Å². The van der Waals surface area contributed by atoms with E-state index in [1.54, 1.807) is 36.1 Å². The average Bonchev–Trinajstić information content (AvgIpc) is 3.28. The number of benzene rings is 1. The molecule has 4 rings (SSSR count). The van der Waals surface area contributed by atoms with Crippen molar-refractivity contribution in [1.29, 1.82) is 0 Å². The van der Waals surface area contributed by atoms with Gasteiger partial charge in [-0.25, -0.2) is 4.98 Å². The summed E-state index contributed by atoms with van der Waals surface area (Å²) in [4.78, 5) is 30.7. The van der Waals surface area contributed by atoms with Gasteiger partial charge in [-0.15, -0.1) is 0 Å². The number of rotatable bonds is 8. The highest BCUT2D eigenvalue weighted by Crippen LogP contribution is 2.30. The minimum absolute atomic E-state index is 0.287. The van der Waals surface area contributed by atoms with Crippen molar-refractivity contribution in [2.24, 2.45) is 0 Å². The van der Waals surface area contributed by atoms with Gasteiger partial charge in [0.05, 0.1) is 24.2 Å². The number of aromatic nitrogens is 3. The van der Waals surface area contributed by atoms with Crippen LogP contribution in [0.15, 0.2) is 42.7 Å². The van der Waals surface area contributed by atoms with Crippen molar-refractivity contribution in [2.75, 3.05) is 18.9 Å². The molecule has 2 aromatic heterocycles. The number of hydrogen-bond donors (Lipinski definition) is 2. The topological polar surface area (TPSA) is 100 Å². The van der Waals surface area contributed by atoms with Gasteiger partial charge in [-0.3, -0.25) is 14.3 Å². The second kappa shape index (κ2) is 10.4. The molecule has 0 saturated heterocycles. The fourth-order valence-corrected chi connectivity index (χ4v) is 4.63. The Hall–Kier alpha value is -3.10. The van der Waals surface area contributed by atoms with Gasteiger partial charge in [0.2, 0.25) is 0 Å². The van der Waals surface area contributed by atoms with Crippen molar-refractivity contribution in [3.8, 4) is 0 Å². The molecule has 3 aromatic rings. The number of anilines is 1. The van der Waals surface area contributed by atoms with Crippen LogP contribution in [-0.4, -0.2) is 50.2 Å². The molecular formula is C24H25Cl2N5O3. The third-order valence-corrected chi connectivity index (χ3v) is 6.29. The molecule has 2 N–H and O–H groups in total. The summed E-state index contributed by atoms with van der Waals surface area (Å²) in [6.45, 7) is 1.50. The van der Waals surface area contributed by atoms with Crippen LogP contribution >= 0.6 is 23.2 Å². The number of hydrogen-bond acceptors (Lipinski definition) is 5. The largest absolute Gasteiger partial charge is 0.481 e. The zero-order chi connectivity index (χ0) is 24.2. The van der Waals surface area contributed by atoms with Crippen molar-refractivity contribution >= 4 is 40.9 Å². The third-order valence-electron chi connectivity index (χ3n) is 5.85. The van der Waals surface area contributed by atoms with E-state index in [0.29, 0.717) is 34.1 Å². The first-order chi connectivity index (χ1) is 16.3. The second-order valence-corrected chi connectivity index (χ2v) is 9.19. The minimum atomic E-state index is -1.04. The molecule has 1 aliphatic heterocycles. The van der Waals surface area contributed by atoms with E-state index in [9.17, 15) is 14.7 Å². The summed E-state index contributed by atoms with van der Waals surface area (Å²) in [6, 6.07) is 8.20. The van der Waals surface area contributed by atoms with Crippen molar-refractivity contribution in [3.63, 3.8) is 0 Å². The van der Waals surface area contributed by atoms with E-state index in [0.717, 1.165) is 30.9 Å². The number of pyridine rings is 1. The highest BCUT2D eigenvalue weighted by Gasteiger charge is 2.26. The lowest BCUT2D eigenvalue weighted by molar-refractivity contribution is -0.138. The molecule has 10 heteroatoms. The van der Waals surface area contributed by atoms with E-state index < -0.39 is 12.0 Å². The Kier molecular flexibility index (Phi) is 7.38. The smallest absolute Gasteiger partial charge is 0.305 e. The molecule has 34 heavy (non-hydrogen) atoms. The Morgan fingerprint density at radius 1 is 1.24 bits per heavy atom. The van der Waals surface area contributed by atoms with Gasteiger partial charge in [0.15, 0.2) is 0 Å². The van der Waals surface area contributed by atoms with Gasteiger partial charge in [0.25, 0.3) is 5.91 Å². The molecule has 178 valence electrons. The highest BCUT2D eigenvalue weighted by atomic mass is 35.5. The fourth-order valence-electron chi connectivity index (χ4n) is 4.09. The van der Waals surface area contributed by atoms with E-state index in [2.05, 4.69) is 16.5 Å². The lowest BCUT2D eigenvalue weighted by Gasteiger charge is -2.27. The predicted molar refractivity (Wildman–Crippen MR) is 131 cm³/mol. The number of carboxylic acid groups (broad SMARTS) is 1. The van der Waals surface area contributed by atoms with Crippen LogP contribution in [0.1, 0.15) is 46.1 Å². The second-order valence-electron chi connectivity index (χ2n) is 8.32. The average molecular weight is 502 g/mol. The Balaban J connectivity index is 1.46. The summed E-state index contributed by atoms with van der Waals surface area (Å²) >= 11 is 12.2. The van der Waals surface area contributed by atoms with E-state index in [-0.39, 0.29) is 12.3 Å². The summed E-state index contributed by atoms with van der Waals surface area (Å²) in [5.41, 5.74) is 3.11. The monoisotopic (exact) mass is 501 g/mol. The van der Waals surface area contributed by atoms with Crippen LogP contribution in [0.2, 0.25) is 10.0 Å². The zero-order valence-electron chi connectivity index (χ0n) is 18.7. The number of nitrogens with one attached hydrogen (secondary N) is 1. The van der Waals surface area contributed by atoms with Gasteiger partial charge in [-0.1, -0.05) is 29.3 Å². The normalized spacial score (nSPS) is 13.6. The van der Waals surface area contributed by atoms with Crippen molar-refractivity contribution in [1.82, 2.24) is 19.7 Å². The molecular weight excluding hydrogens is 477 g/mol. The fraction of sp³-hybridized carbons (Fsp3) is 0.333. The van der Waals surface area contributed by atoms with Gasteiger partial charge >= 0.3 is 5.97 Å². The SMILES string of the molecule is CN(C(=O)c1cnn(CCc2ccc3c(n2)NCCC3)c1)C(CC(=O)O)c1cc(Cl)cc(Cl)c1. The van der Waals surface area contributed by atoms with E-state index in [1.165, 1.54) is 16.7 Å². The number of aryl methyl sites for hydroxylation is 3. The maximum absolute atomic E-state index is 13.2. The lowest BCUT2D eigenvalue weighted by Crippen LogP contribution is -2.32. The summed E-state index contributed by atoms with van der Waals surface area (Å²) in [5, 5.41) is 17.8. The Labute approximate surface area is 207 Å². The standard InChI is InChI=1S/C24H25Cl2N5O3/c1-30(21(12-22(32)33)16-9-18(25)11-19(26)10-16)24(34)17-13-28-31(14-17)8-6-20-5-4-15-3-2-7-27-23(15)29-20/h4-5,9-11,13-14,21H,2-3,6-8,12H2,1H3,(H,27,29)(H,32,33). The van der Waals surface area contributed by atoms with Crippen LogP contribution in [-0.2, 0) is 24.2 Å². The summed E-state index contributed by atoms with van der Waals surface area (Å²) < 4.78 is 1.69. The number of carboxylic acids is 1. The van der Waals surface area contributed by atoms with Gasteiger partial charge in [0, 0.05) is 48.5 Å². The van der Waals surface area contributed by atoms with E-state index in [1.807, 2.05) is 6.07 Å². The van der Waals surface area contributed by atoms with Gasteiger partial charge in [0.1, 0.15) is 5.82 Å². The van der Waals surface area contributed by atoms with Crippen LogP contribution in [0, 0.1) is 0 Å². The third kappa shape index (κ3) is 5.69. The first-order valence-electron chi connectivity index (χ1n) is 11.0. The molecule has 0 fully saturated rings. The molecule has 1 amide bonds. The molecule has 0 spiro atoms. The van der Waals surface area contributed by atoms with Gasteiger partial charge in [-0.05, 0) is 48.2 Å². The predicted octanol–water partition coefficient (Wildman–Crippen LogP) is 4.47. The maximum atomic E-state index is 13.2. The number of fused-ring (bicyclic) bond motifs is 1. The quantitative estimate of drug-likeness (QED) is 0.472. The molecule has 8 nitrogen and oxygen atoms in total. The Bertz CT molecular complexity index is 1190. The number of aliphatic carboxylic acids is 1. The summed E-state index contributed by atoms with van der Waals surface area (Å²) in [7, 11) is 1.56. The zero-order valence-corrected chi connectivity index (χ0v) is 20.2. The molecule has 1 atom stereocenters. The molecule has 0 saturated carbocycles. The van der Waals surface area contributed by atoms with Crippen LogP contribution in [0.4, 0.5) is 5.82 Å². The van der Waals surface area contributed by atoms with Crippen molar-refractivity contribution in [2.45, 2.75) is 38.3 Å². The number of carbonyl (C=O) groups excluding carboxylic acids is 1. The molecule has 1 unspecified atom stereocenters. The summed E-state index contributed by atoms with van der Waals surface area (Å²) in [5.74, 6) is -0.430. The Morgan fingerprint density at radius 2 is 2.00 bits per heavy atom.